The number of rotatable bonds is 10. The van der Waals surface area contributed by atoms with E-state index in [0.29, 0.717) is 16.7 Å². The lowest BCUT2D eigenvalue weighted by atomic mass is 10.1. The highest BCUT2D eigenvalue weighted by atomic mass is 28.1. The molecule has 0 aromatic carbocycles. The fraction of sp³-hybridized carbons (Fsp3) is 0.471. The third-order valence-electron chi connectivity index (χ3n) is 3.14. The van der Waals surface area contributed by atoms with Gasteiger partial charge in [0.1, 0.15) is 12.7 Å². The minimum absolute atomic E-state index is 0.195. The van der Waals surface area contributed by atoms with Crippen LogP contribution in [0.25, 0.3) is 0 Å². The molecule has 24 heavy (non-hydrogen) atoms. The van der Waals surface area contributed by atoms with Crippen LogP contribution in [0.2, 0.25) is 5.54 Å². The van der Waals surface area contributed by atoms with Crippen LogP contribution in [0.4, 0.5) is 0 Å². The fourth-order valence-electron chi connectivity index (χ4n) is 1.50. The molecule has 2 unspecified atom stereocenters. The van der Waals surface area contributed by atoms with E-state index >= 15 is 0 Å². The minimum atomic E-state index is -0.828. The van der Waals surface area contributed by atoms with Gasteiger partial charge in [0.15, 0.2) is 0 Å². The molecule has 134 valence electrons. The van der Waals surface area contributed by atoms with Crippen molar-refractivity contribution in [2.24, 2.45) is 0 Å². The Morgan fingerprint density at radius 3 is 1.96 bits per heavy atom. The van der Waals surface area contributed by atoms with Gasteiger partial charge in [0.05, 0.1) is 6.61 Å². The summed E-state index contributed by atoms with van der Waals surface area (Å²) in [6.45, 7) is 15.7. The highest BCUT2D eigenvalue weighted by Crippen LogP contribution is 2.22. The van der Waals surface area contributed by atoms with Gasteiger partial charge in [0, 0.05) is 32.5 Å². The maximum Gasteiger partial charge on any atom is 0.333 e. The average molecular weight is 354 g/mol. The second kappa shape index (κ2) is 10.6. The molecule has 0 radical (unpaired) electrons. The lowest BCUT2D eigenvalue weighted by molar-refractivity contribution is -0.154. The summed E-state index contributed by atoms with van der Waals surface area (Å²) in [7, 11) is 0.449. The number of carbonyl (C=O) groups is 3. The number of hydrogen-bond donors (Lipinski definition) is 0. The van der Waals surface area contributed by atoms with Crippen molar-refractivity contribution in [2.45, 2.75) is 38.8 Å². The predicted octanol–water partition coefficient (Wildman–Crippen LogP) is 1.26. The predicted molar refractivity (Wildman–Crippen MR) is 94.5 cm³/mol. The van der Waals surface area contributed by atoms with Crippen molar-refractivity contribution >= 4 is 28.2 Å². The van der Waals surface area contributed by atoms with Crippen molar-refractivity contribution in [3.8, 4) is 0 Å². The molecule has 0 amide bonds. The van der Waals surface area contributed by atoms with Gasteiger partial charge in [-0.3, -0.25) is 0 Å². The zero-order valence-electron chi connectivity index (χ0n) is 14.8. The van der Waals surface area contributed by atoms with Gasteiger partial charge >= 0.3 is 17.9 Å². The average Bonchev–Trinajstić information content (AvgIpc) is 2.53. The van der Waals surface area contributed by atoms with Crippen molar-refractivity contribution in [3.05, 3.63) is 36.5 Å². The number of hydrogen-bond acceptors (Lipinski definition) is 6. The fourth-order valence-corrected chi connectivity index (χ4v) is 2.06. The lowest BCUT2D eigenvalue weighted by Crippen LogP contribution is -2.32. The lowest BCUT2D eigenvalue weighted by Gasteiger charge is -2.25. The molecular weight excluding hydrogens is 328 g/mol. The smallest absolute Gasteiger partial charge is 0.333 e. The van der Waals surface area contributed by atoms with Crippen molar-refractivity contribution in [1.29, 1.82) is 0 Å². The zero-order chi connectivity index (χ0) is 18.9. The third kappa shape index (κ3) is 7.41. The third-order valence-corrected chi connectivity index (χ3v) is 4.58. The molecule has 2 atom stereocenters. The molecule has 0 aliphatic carbocycles. The first-order chi connectivity index (χ1) is 11.1. The highest BCUT2D eigenvalue weighted by Gasteiger charge is 2.29. The second-order valence-electron chi connectivity index (χ2n) is 5.55. The minimum Gasteiger partial charge on any atom is -0.462 e. The van der Waals surface area contributed by atoms with E-state index in [9.17, 15) is 14.4 Å². The summed E-state index contributed by atoms with van der Waals surface area (Å²) in [5, 5.41) is 0. The van der Waals surface area contributed by atoms with E-state index < -0.39 is 29.6 Å². The Morgan fingerprint density at radius 1 is 0.958 bits per heavy atom. The molecule has 0 aromatic rings. The van der Waals surface area contributed by atoms with E-state index in [1.165, 1.54) is 13.8 Å². The van der Waals surface area contributed by atoms with Crippen molar-refractivity contribution in [2.75, 3.05) is 13.2 Å². The van der Waals surface area contributed by atoms with Crippen LogP contribution < -0.4 is 0 Å². The van der Waals surface area contributed by atoms with Crippen LogP contribution in [0.15, 0.2) is 36.5 Å². The van der Waals surface area contributed by atoms with Gasteiger partial charge in [-0.2, -0.15) is 0 Å². The first kappa shape index (κ1) is 21.8. The van der Waals surface area contributed by atoms with E-state index in [2.05, 4.69) is 19.7 Å². The van der Waals surface area contributed by atoms with Gasteiger partial charge in [-0.25, -0.2) is 14.4 Å². The maximum absolute atomic E-state index is 11.9. The summed E-state index contributed by atoms with van der Waals surface area (Å²) >= 11 is 0. The summed E-state index contributed by atoms with van der Waals surface area (Å²) < 4.78 is 15.4. The topological polar surface area (TPSA) is 78.9 Å². The molecule has 0 aliphatic rings. The Kier molecular flexibility index (Phi) is 9.64. The molecule has 0 bridgehead atoms. The van der Waals surface area contributed by atoms with E-state index in [0.717, 1.165) is 0 Å². The van der Waals surface area contributed by atoms with Crippen LogP contribution in [0.5, 0.6) is 0 Å². The van der Waals surface area contributed by atoms with Crippen LogP contribution in [0.1, 0.15) is 27.2 Å². The van der Waals surface area contributed by atoms with Crippen LogP contribution in [0.3, 0.4) is 0 Å². The Bertz CT molecular complexity index is 537. The molecular formula is C17H26O6Si. The van der Waals surface area contributed by atoms with E-state index in [1.54, 1.807) is 0 Å². The summed E-state index contributed by atoms with van der Waals surface area (Å²) in [5.74, 6) is -1.76. The number of esters is 3. The summed E-state index contributed by atoms with van der Waals surface area (Å²) in [4.78, 5) is 35.3. The molecule has 0 aromatic heterocycles. The first-order valence-corrected chi connectivity index (χ1v) is 8.82. The maximum atomic E-state index is 11.9. The zero-order valence-corrected chi connectivity index (χ0v) is 16.8. The number of carbonyl (C=O) groups excluding carboxylic acids is 3. The molecule has 0 fully saturated rings. The summed E-state index contributed by atoms with van der Waals surface area (Å²) in [6, 6.07) is 0. The van der Waals surface area contributed by atoms with E-state index in [-0.39, 0.29) is 29.9 Å². The second-order valence-corrected chi connectivity index (χ2v) is 6.80. The van der Waals surface area contributed by atoms with Gasteiger partial charge in [-0.05, 0) is 20.3 Å². The van der Waals surface area contributed by atoms with E-state index in [1.807, 2.05) is 6.92 Å². The molecule has 0 heterocycles. The van der Waals surface area contributed by atoms with Crippen LogP contribution in [-0.2, 0) is 28.6 Å². The quantitative estimate of drug-likeness (QED) is 0.254. The standard InChI is InChI=1S/C17H26O6Si/c1-7-8-21-17(20)12(6)14(24)13(23-16(19)11(4)5)9-22-15(18)10(2)3/h13-14H,2,4,6-9H2,1,3,5,24H3. The van der Waals surface area contributed by atoms with Crippen LogP contribution >= 0.6 is 0 Å². The molecule has 7 heteroatoms. The monoisotopic (exact) mass is 354 g/mol. The Labute approximate surface area is 146 Å². The van der Waals surface area contributed by atoms with Gasteiger partial charge in [0.25, 0.3) is 0 Å². The van der Waals surface area contributed by atoms with Crippen molar-refractivity contribution in [1.82, 2.24) is 0 Å². The van der Waals surface area contributed by atoms with E-state index in [4.69, 9.17) is 14.2 Å². The van der Waals surface area contributed by atoms with Gasteiger partial charge in [-0.1, -0.05) is 26.7 Å². The summed E-state index contributed by atoms with van der Waals surface area (Å²) in [5.41, 5.74) is 0.168. The van der Waals surface area contributed by atoms with Gasteiger partial charge in [-0.15, -0.1) is 0 Å². The Morgan fingerprint density at radius 2 is 1.50 bits per heavy atom. The van der Waals surface area contributed by atoms with Gasteiger partial charge < -0.3 is 14.2 Å². The molecule has 0 N–H and O–H groups in total. The number of ether oxygens (including phenoxy) is 3. The molecule has 0 spiro atoms. The molecule has 6 nitrogen and oxygen atoms in total. The molecule has 0 saturated carbocycles. The Balaban J connectivity index is 5.06. The molecule has 0 saturated heterocycles. The molecule has 0 rings (SSSR count). The van der Waals surface area contributed by atoms with Crippen LogP contribution in [0, 0.1) is 0 Å². The van der Waals surface area contributed by atoms with Gasteiger partial charge in [0.2, 0.25) is 0 Å². The Hall–Kier alpha value is -2.15. The summed E-state index contributed by atoms with van der Waals surface area (Å²) in [6.07, 6.45) is -0.138. The SMILES string of the molecule is C=C(C)C(=O)OCC(OC(=O)C(=C)C)C([SiH3])C(=C)C(=O)OCCC. The first-order valence-electron chi connectivity index (χ1n) is 7.66. The van der Waals surface area contributed by atoms with Crippen molar-refractivity contribution in [3.63, 3.8) is 0 Å². The largest absolute Gasteiger partial charge is 0.462 e. The highest BCUT2D eigenvalue weighted by molar-refractivity contribution is 6.18. The molecule has 0 aliphatic heterocycles. The van der Waals surface area contributed by atoms with Crippen molar-refractivity contribution < 1.29 is 28.6 Å². The normalized spacial score (nSPS) is 12.6. The van der Waals surface area contributed by atoms with Crippen LogP contribution in [-0.4, -0.2) is 47.5 Å².